The molecule has 0 atom stereocenters. The SMILES string of the molecule is Cc1[nH]ncc1CNCCCCCO. The minimum Gasteiger partial charge on any atom is -0.396 e. The zero-order valence-corrected chi connectivity index (χ0v) is 8.71. The van der Waals surface area contributed by atoms with E-state index in [1.165, 1.54) is 5.56 Å². The van der Waals surface area contributed by atoms with Crippen molar-refractivity contribution in [1.29, 1.82) is 0 Å². The van der Waals surface area contributed by atoms with Gasteiger partial charge in [-0.2, -0.15) is 5.10 Å². The van der Waals surface area contributed by atoms with Gasteiger partial charge in [0.1, 0.15) is 0 Å². The third-order valence-corrected chi connectivity index (χ3v) is 2.26. The number of rotatable bonds is 7. The van der Waals surface area contributed by atoms with E-state index >= 15 is 0 Å². The predicted molar refractivity (Wildman–Crippen MR) is 56.0 cm³/mol. The van der Waals surface area contributed by atoms with E-state index < -0.39 is 0 Å². The van der Waals surface area contributed by atoms with Gasteiger partial charge in [0, 0.05) is 24.4 Å². The highest BCUT2D eigenvalue weighted by molar-refractivity contribution is 5.13. The molecule has 0 aliphatic rings. The second-order valence-electron chi connectivity index (χ2n) is 3.48. The summed E-state index contributed by atoms with van der Waals surface area (Å²) in [6.45, 7) is 4.21. The fraction of sp³-hybridized carbons (Fsp3) is 0.700. The summed E-state index contributed by atoms with van der Waals surface area (Å²) < 4.78 is 0. The fourth-order valence-corrected chi connectivity index (χ4v) is 1.32. The second kappa shape index (κ2) is 6.56. The van der Waals surface area contributed by atoms with Crippen LogP contribution in [0.5, 0.6) is 0 Å². The van der Waals surface area contributed by atoms with Crippen molar-refractivity contribution >= 4 is 0 Å². The lowest BCUT2D eigenvalue weighted by atomic mass is 10.2. The fourth-order valence-electron chi connectivity index (χ4n) is 1.32. The Kier molecular flexibility index (Phi) is 5.25. The van der Waals surface area contributed by atoms with Gasteiger partial charge < -0.3 is 10.4 Å². The van der Waals surface area contributed by atoms with Crippen LogP contribution in [-0.4, -0.2) is 28.5 Å². The molecule has 1 rings (SSSR count). The maximum Gasteiger partial charge on any atom is 0.0535 e. The van der Waals surface area contributed by atoms with Crippen molar-refractivity contribution in [2.24, 2.45) is 0 Å². The van der Waals surface area contributed by atoms with Gasteiger partial charge in [0.15, 0.2) is 0 Å². The highest BCUT2D eigenvalue weighted by atomic mass is 16.2. The number of H-pyrrole nitrogens is 1. The summed E-state index contributed by atoms with van der Waals surface area (Å²) in [5.41, 5.74) is 2.36. The van der Waals surface area contributed by atoms with Crippen LogP contribution in [0.25, 0.3) is 0 Å². The van der Waals surface area contributed by atoms with Gasteiger partial charge in [-0.1, -0.05) is 0 Å². The third-order valence-electron chi connectivity index (χ3n) is 2.26. The Labute approximate surface area is 84.7 Å². The Balaban J connectivity index is 2.02. The van der Waals surface area contributed by atoms with Crippen molar-refractivity contribution < 1.29 is 5.11 Å². The maximum atomic E-state index is 8.58. The number of aliphatic hydroxyl groups is 1. The van der Waals surface area contributed by atoms with Crippen LogP contribution in [0.3, 0.4) is 0 Å². The van der Waals surface area contributed by atoms with Crippen LogP contribution in [0, 0.1) is 6.92 Å². The Morgan fingerprint density at radius 3 is 2.93 bits per heavy atom. The van der Waals surface area contributed by atoms with Crippen molar-refractivity contribution in [2.75, 3.05) is 13.2 Å². The molecule has 3 N–H and O–H groups in total. The molecule has 4 nitrogen and oxygen atoms in total. The molecule has 0 aliphatic heterocycles. The minimum absolute atomic E-state index is 0.306. The smallest absolute Gasteiger partial charge is 0.0535 e. The minimum atomic E-state index is 0.306. The first-order chi connectivity index (χ1) is 6.84. The number of aliphatic hydroxyl groups excluding tert-OH is 1. The lowest BCUT2D eigenvalue weighted by Crippen LogP contribution is -2.14. The van der Waals surface area contributed by atoms with Crippen molar-refractivity contribution in [3.8, 4) is 0 Å². The largest absolute Gasteiger partial charge is 0.396 e. The van der Waals surface area contributed by atoms with Crippen LogP contribution in [0.15, 0.2) is 6.20 Å². The zero-order chi connectivity index (χ0) is 10.2. The first kappa shape index (κ1) is 11.2. The van der Waals surface area contributed by atoms with E-state index in [1.807, 2.05) is 13.1 Å². The molecule has 0 amide bonds. The van der Waals surface area contributed by atoms with Gasteiger partial charge in [-0.3, -0.25) is 5.10 Å². The van der Waals surface area contributed by atoms with Crippen LogP contribution in [0.4, 0.5) is 0 Å². The highest BCUT2D eigenvalue weighted by Crippen LogP contribution is 2.01. The topological polar surface area (TPSA) is 60.9 Å². The number of unbranched alkanes of at least 4 members (excludes halogenated alkanes) is 2. The molecule has 0 saturated carbocycles. The molecule has 1 heterocycles. The number of aryl methyl sites for hydroxylation is 1. The van der Waals surface area contributed by atoms with Gasteiger partial charge in [0.05, 0.1) is 6.20 Å². The summed E-state index contributed by atoms with van der Waals surface area (Å²) in [5.74, 6) is 0. The molecule has 0 aromatic carbocycles. The average molecular weight is 197 g/mol. The van der Waals surface area contributed by atoms with Crippen LogP contribution in [0.2, 0.25) is 0 Å². The van der Waals surface area contributed by atoms with Gasteiger partial charge in [0.2, 0.25) is 0 Å². The standard InChI is InChI=1S/C10H19N3O/c1-9-10(8-12-13-9)7-11-5-3-2-4-6-14/h8,11,14H,2-7H2,1H3,(H,12,13). The first-order valence-electron chi connectivity index (χ1n) is 5.15. The summed E-state index contributed by atoms with van der Waals surface area (Å²) in [5, 5.41) is 18.8. The molecular formula is C10H19N3O. The van der Waals surface area contributed by atoms with E-state index in [4.69, 9.17) is 5.11 Å². The number of aromatic amines is 1. The van der Waals surface area contributed by atoms with E-state index in [9.17, 15) is 0 Å². The molecule has 0 spiro atoms. The van der Waals surface area contributed by atoms with E-state index in [-0.39, 0.29) is 0 Å². The lowest BCUT2D eigenvalue weighted by Gasteiger charge is -2.02. The molecule has 1 aromatic rings. The molecule has 80 valence electrons. The zero-order valence-electron chi connectivity index (χ0n) is 8.71. The van der Waals surface area contributed by atoms with Gasteiger partial charge in [0.25, 0.3) is 0 Å². The van der Waals surface area contributed by atoms with Crippen LogP contribution in [-0.2, 0) is 6.54 Å². The number of nitrogens with one attached hydrogen (secondary N) is 2. The monoisotopic (exact) mass is 197 g/mol. The van der Waals surface area contributed by atoms with E-state index in [0.29, 0.717) is 6.61 Å². The normalized spacial score (nSPS) is 10.7. The summed E-state index contributed by atoms with van der Waals surface area (Å²) in [4.78, 5) is 0. The summed E-state index contributed by atoms with van der Waals surface area (Å²) in [6.07, 6.45) is 4.98. The maximum absolute atomic E-state index is 8.58. The van der Waals surface area contributed by atoms with E-state index in [1.54, 1.807) is 0 Å². The van der Waals surface area contributed by atoms with Crippen LogP contribution in [0.1, 0.15) is 30.5 Å². The van der Waals surface area contributed by atoms with Crippen molar-refractivity contribution in [3.63, 3.8) is 0 Å². The molecular weight excluding hydrogens is 178 g/mol. The predicted octanol–water partition coefficient (Wildman–Crippen LogP) is 0.970. The summed E-state index contributed by atoms with van der Waals surface area (Å²) >= 11 is 0. The number of hydrogen-bond donors (Lipinski definition) is 3. The molecule has 0 fully saturated rings. The van der Waals surface area contributed by atoms with Crippen molar-refractivity contribution in [1.82, 2.24) is 15.5 Å². The average Bonchev–Trinajstić information content (AvgIpc) is 2.58. The Morgan fingerprint density at radius 2 is 2.29 bits per heavy atom. The highest BCUT2D eigenvalue weighted by Gasteiger charge is 1.98. The quantitative estimate of drug-likeness (QED) is 0.571. The van der Waals surface area contributed by atoms with Crippen LogP contribution >= 0.6 is 0 Å². The summed E-state index contributed by atoms with van der Waals surface area (Å²) in [7, 11) is 0. The first-order valence-corrected chi connectivity index (χ1v) is 5.15. The summed E-state index contributed by atoms with van der Waals surface area (Å²) in [6, 6.07) is 0. The number of nitrogens with zero attached hydrogens (tertiary/aromatic N) is 1. The Bertz CT molecular complexity index is 247. The van der Waals surface area contributed by atoms with Gasteiger partial charge in [-0.25, -0.2) is 0 Å². The molecule has 0 saturated heterocycles. The van der Waals surface area contributed by atoms with E-state index in [2.05, 4.69) is 15.5 Å². The van der Waals surface area contributed by atoms with Crippen molar-refractivity contribution in [2.45, 2.75) is 32.7 Å². The van der Waals surface area contributed by atoms with Gasteiger partial charge in [-0.05, 0) is 32.7 Å². The van der Waals surface area contributed by atoms with Gasteiger partial charge in [-0.15, -0.1) is 0 Å². The number of hydrogen-bond acceptors (Lipinski definition) is 3. The second-order valence-corrected chi connectivity index (χ2v) is 3.48. The van der Waals surface area contributed by atoms with Crippen molar-refractivity contribution in [3.05, 3.63) is 17.5 Å². The number of aromatic nitrogens is 2. The molecule has 1 aromatic heterocycles. The Hall–Kier alpha value is -0.870. The Morgan fingerprint density at radius 1 is 1.43 bits per heavy atom. The molecule has 14 heavy (non-hydrogen) atoms. The van der Waals surface area contributed by atoms with E-state index in [0.717, 1.165) is 38.0 Å². The molecule has 0 unspecified atom stereocenters. The molecule has 0 radical (unpaired) electrons. The third kappa shape index (κ3) is 3.89. The lowest BCUT2D eigenvalue weighted by molar-refractivity contribution is 0.283. The molecule has 0 aliphatic carbocycles. The molecule has 4 heteroatoms. The van der Waals surface area contributed by atoms with Gasteiger partial charge >= 0.3 is 0 Å². The molecule has 0 bridgehead atoms. The van der Waals surface area contributed by atoms with Crippen LogP contribution < -0.4 is 5.32 Å².